The van der Waals surface area contributed by atoms with Crippen LogP contribution in [0.5, 0.6) is 0 Å². The fourth-order valence-electron chi connectivity index (χ4n) is 3.56. The van der Waals surface area contributed by atoms with Crippen LogP contribution in [0.25, 0.3) is 11.1 Å². The molecule has 0 aromatic heterocycles. The first kappa shape index (κ1) is 13.3. The Morgan fingerprint density at radius 3 is 1.77 bits per heavy atom. The average molecular weight is 286 g/mol. The summed E-state index contributed by atoms with van der Waals surface area (Å²) < 4.78 is 0. The molecule has 0 bridgehead atoms. The van der Waals surface area contributed by atoms with Gasteiger partial charge in [0.05, 0.1) is 0 Å². The van der Waals surface area contributed by atoms with Crippen LogP contribution >= 0.6 is 0 Å². The van der Waals surface area contributed by atoms with Crippen LogP contribution in [-0.4, -0.2) is 0 Å². The summed E-state index contributed by atoms with van der Waals surface area (Å²) in [7, 11) is 0. The quantitative estimate of drug-likeness (QED) is 0.747. The highest BCUT2D eigenvalue weighted by Gasteiger charge is 2.32. The van der Waals surface area contributed by atoms with E-state index in [2.05, 4.69) is 91.1 Å². The van der Waals surface area contributed by atoms with Crippen LogP contribution in [0.15, 0.2) is 78.9 Å². The molecule has 0 heterocycles. The van der Waals surface area contributed by atoms with Crippen molar-refractivity contribution < 1.29 is 5.32 Å². The van der Waals surface area contributed by atoms with E-state index in [0.717, 1.165) is 0 Å². The van der Waals surface area contributed by atoms with Gasteiger partial charge < -0.3 is 5.32 Å². The van der Waals surface area contributed by atoms with Crippen molar-refractivity contribution in [1.29, 1.82) is 0 Å². The summed E-state index contributed by atoms with van der Waals surface area (Å²) in [6.45, 7) is 2.29. The highest BCUT2D eigenvalue weighted by atomic mass is 15.0. The molecule has 2 N–H and O–H groups in total. The van der Waals surface area contributed by atoms with E-state index in [0.29, 0.717) is 12.1 Å². The summed E-state index contributed by atoms with van der Waals surface area (Å²) in [5, 5.41) is 2.49. The van der Waals surface area contributed by atoms with E-state index in [-0.39, 0.29) is 0 Å². The maximum absolute atomic E-state index is 2.49. The van der Waals surface area contributed by atoms with Gasteiger partial charge in [0.25, 0.3) is 0 Å². The van der Waals surface area contributed by atoms with Crippen LogP contribution in [0.4, 0.5) is 0 Å². The summed E-state index contributed by atoms with van der Waals surface area (Å²) in [4.78, 5) is 0. The molecule has 0 saturated heterocycles. The lowest BCUT2D eigenvalue weighted by atomic mass is 10.0. The maximum atomic E-state index is 2.49. The first-order valence-corrected chi connectivity index (χ1v) is 7.93. The average Bonchev–Trinajstić information content (AvgIpc) is 2.90. The molecule has 1 heteroatoms. The third-order valence-corrected chi connectivity index (χ3v) is 4.69. The van der Waals surface area contributed by atoms with Crippen molar-refractivity contribution in [2.45, 2.75) is 19.0 Å². The van der Waals surface area contributed by atoms with Gasteiger partial charge in [-0.3, -0.25) is 0 Å². The first-order chi connectivity index (χ1) is 10.8. The fourth-order valence-corrected chi connectivity index (χ4v) is 3.56. The van der Waals surface area contributed by atoms with Gasteiger partial charge in [0, 0.05) is 16.7 Å². The lowest BCUT2D eigenvalue weighted by Crippen LogP contribution is -2.85. The molecule has 1 aliphatic carbocycles. The largest absolute Gasteiger partial charge is 0.330 e. The van der Waals surface area contributed by atoms with Crippen LogP contribution in [-0.2, 0) is 0 Å². The van der Waals surface area contributed by atoms with Crippen LogP contribution in [0.2, 0.25) is 0 Å². The van der Waals surface area contributed by atoms with E-state index in [1.165, 1.54) is 27.8 Å². The minimum absolute atomic E-state index is 0.391. The maximum Gasteiger partial charge on any atom is 0.139 e. The van der Waals surface area contributed by atoms with Gasteiger partial charge in [-0.05, 0) is 18.1 Å². The van der Waals surface area contributed by atoms with E-state index in [1.807, 2.05) is 0 Å². The van der Waals surface area contributed by atoms with Gasteiger partial charge >= 0.3 is 0 Å². The molecule has 3 aromatic carbocycles. The molecule has 1 nitrogen and oxygen atoms in total. The topological polar surface area (TPSA) is 16.6 Å². The summed E-state index contributed by atoms with van der Waals surface area (Å²) in [6, 6.07) is 29.2. The molecular weight excluding hydrogens is 266 g/mol. The summed E-state index contributed by atoms with van der Waals surface area (Å²) in [5.41, 5.74) is 7.03. The minimum Gasteiger partial charge on any atom is -0.330 e. The first-order valence-electron chi connectivity index (χ1n) is 7.93. The monoisotopic (exact) mass is 286 g/mol. The Balaban J connectivity index is 1.73. The minimum atomic E-state index is 0.391. The van der Waals surface area contributed by atoms with Crippen LogP contribution in [0, 0.1) is 0 Å². The summed E-state index contributed by atoms with van der Waals surface area (Å²) in [6.07, 6.45) is 0. The van der Waals surface area contributed by atoms with Gasteiger partial charge in [-0.1, -0.05) is 78.9 Å². The predicted molar refractivity (Wildman–Crippen MR) is 90.5 cm³/mol. The third-order valence-electron chi connectivity index (χ3n) is 4.69. The Morgan fingerprint density at radius 1 is 0.682 bits per heavy atom. The second kappa shape index (κ2) is 5.43. The molecular formula is C21H20N+. The van der Waals surface area contributed by atoms with Crippen molar-refractivity contribution >= 4 is 0 Å². The predicted octanol–water partition coefficient (Wildman–Crippen LogP) is 4.08. The van der Waals surface area contributed by atoms with Gasteiger partial charge in [-0.15, -0.1) is 0 Å². The molecule has 4 rings (SSSR count). The van der Waals surface area contributed by atoms with Crippen molar-refractivity contribution in [3.8, 4) is 11.1 Å². The molecule has 3 aromatic rings. The standard InChI is InChI=1S/C21H19N/c1-15(16-9-3-2-4-10-16)22-21-19-13-7-5-11-17(19)18-12-6-8-14-20(18)21/h2-15,21-22H,1H3/p+1/t15-/m1/s1. The van der Waals surface area contributed by atoms with E-state index in [9.17, 15) is 0 Å². The molecule has 22 heavy (non-hydrogen) atoms. The zero-order valence-electron chi connectivity index (χ0n) is 12.7. The summed E-state index contributed by atoms with van der Waals surface area (Å²) >= 11 is 0. The Hall–Kier alpha value is -2.38. The Kier molecular flexibility index (Phi) is 3.28. The second-order valence-corrected chi connectivity index (χ2v) is 6.04. The van der Waals surface area contributed by atoms with Gasteiger partial charge in [0.1, 0.15) is 12.1 Å². The van der Waals surface area contributed by atoms with E-state index < -0.39 is 0 Å². The lowest BCUT2D eigenvalue weighted by molar-refractivity contribution is -0.722. The van der Waals surface area contributed by atoms with Gasteiger partial charge in [-0.25, -0.2) is 0 Å². The molecule has 0 saturated carbocycles. The highest BCUT2D eigenvalue weighted by Crippen LogP contribution is 2.41. The number of benzene rings is 3. The number of quaternary nitrogens is 1. The number of fused-ring (bicyclic) bond motifs is 3. The molecule has 0 fully saturated rings. The van der Waals surface area contributed by atoms with Gasteiger partial charge in [0.15, 0.2) is 0 Å². The molecule has 0 amide bonds. The number of hydrogen-bond donors (Lipinski definition) is 1. The van der Waals surface area contributed by atoms with Crippen molar-refractivity contribution in [3.63, 3.8) is 0 Å². The van der Waals surface area contributed by atoms with Crippen LogP contribution in [0.1, 0.15) is 35.7 Å². The number of rotatable bonds is 3. The normalized spacial score (nSPS) is 14.4. The van der Waals surface area contributed by atoms with E-state index >= 15 is 0 Å². The van der Waals surface area contributed by atoms with E-state index in [4.69, 9.17) is 0 Å². The molecule has 1 aliphatic rings. The van der Waals surface area contributed by atoms with Crippen LogP contribution in [0.3, 0.4) is 0 Å². The molecule has 1 atom stereocenters. The molecule has 0 unspecified atom stereocenters. The zero-order chi connectivity index (χ0) is 14.9. The van der Waals surface area contributed by atoms with Crippen molar-refractivity contribution in [2.75, 3.05) is 0 Å². The lowest BCUT2D eigenvalue weighted by Gasteiger charge is -2.18. The van der Waals surface area contributed by atoms with Crippen molar-refractivity contribution in [3.05, 3.63) is 95.6 Å². The molecule has 0 radical (unpaired) electrons. The Bertz CT molecular complexity index is 746. The number of nitrogens with two attached hydrogens (primary N) is 1. The second-order valence-electron chi connectivity index (χ2n) is 6.04. The van der Waals surface area contributed by atoms with Crippen molar-refractivity contribution in [1.82, 2.24) is 0 Å². The van der Waals surface area contributed by atoms with Crippen LogP contribution < -0.4 is 5.32 Å². The fraction of sp³-hybridized carbons (Fsp3) is 0.143. The molecule has 0 aliphatic heterocycles. The zero-order valence-corrected chi connectivity index (χ0v) is 12.7. The van der Waals surface area contributed by atoms with Gasteiger partial charge in [-0.2, -0.15) is 0 Å². The highest BCUT2D eigenvalue weighted by molar-refractivity contribution is 5.77. The van der Waals surface area contributed by atoms with E-state index in [1.54, 1.807) is 0 Å². The van der Waals surface area contributed by atoms with Gasteiger partial charge in [0.2, 0.25) is 0 Å². The number of hydrogen-bond acceptors (Lipinski definition) is 0. The molecule has 0 spiro atoms. The SMILES string of the molecule is C[C@@H]([NH2+]C1c2ccccc2-c2ccccc21)c1ccccc1. The molecule has 108 valence electrons. The Morgan fingerprint density at radius 2 is 1.18 bits per heavy atom. The Labute approximate surface area is 131 Å². The third kappa shape index (κ3) is 2.15. The van der Waals surface area contributed by atoms with Crippen molar-refractivity contribution in [2.24, 2.45) is 0 Å². The summed E-state index contributed by atoms with van der Waals surface area (Å²) in [5.74, 6) is 0. The smallest absolute Gasteiger partial charge is 0.139 e.